The van der Waals surface area contributed by atoms with E-state index >= 15 is 0 Å². The summed E-state index contributed by atoms with van der Waals surface area (Å²) < 4.78 is 39.2. The Kier molecular flexibility index (Phi) is 4.25. The first-order valence-electron chi connectivity index (χ1n) is 3.08. The van der Waals surface area contributed by atoms with Gasteiger partial charge in [0, 0.05) is 0 Å². The average molecular weight is 201 g/mol. The highest BCUT2D eigenvalue weighted by Gasteiger charge is 2.41. The van der Waals surface area contributed by atoms with Gasteiger partial charge in [0.05, 0.1) is 17.6 Å². The number of ether oxygens (including phenoxy) is 1. The van der Waals surface area contributed by atoms with Gasteiger partial charge in [0.25, 0.3) is 0 Å². The van der Waals surface area contributed by atoms with Gasteiger partial charge in [0.2, 0.25) is 0 Å². The summed E-state index contributed by atoms with van der Waals surface area (Å²) in [5, 5.41) is 4.60. The van der Waals surface area contributed by atoms with Gasteiger partial charge in [-0.3, -0.25) is 5.14 Å². The fraction of sp³-hybridized carbons (Fsp3) is 0.800. The second kappa shape index (κ2) is 4.46. The highest BCUT2D eigenvalue weighted by Crippen LogP contribution is 2.15. The van der Waals surface area contributed by atoms with Crippen LogP contribution in [0.4, 0.5) is 8.78 Å². The molecule has 2 N–H and O–H groups in total. The number of rotatable bonds is 4. The molecule has 1 atom stereocenters. The van der Waals surface area contributed by atoms with Crippen molar-refractivity contribution in [3.8, 4) is 0 Å². The van der Waals surface area contributed by atoms with Crippen molar-refractivity contribution in [3.05, 3.63) is 0 Å². The van der Waals surface area contributed by atoms with Gasteiger partial charge >= 0.3 is 11.9 Å². The molecule has 1 unspecified atom stereocenters. The summed E-state index contributed by atoms with van der Waals surface area (Å²) in [6.07, 6.45) is 0. The van der Waals surface area contributed by atoms with Crippen molar-refractivity contribution >= 4 is 17.0 Å². The van der Waals surface area contributed by atoms with Gasteiger partial charge in [-0.15, -0.1) is 0 Å². The highest BCUT2D eigenvalue weighted by molar-refractivity contribution is 7.82. The summed E-state index contributed by atoms with van der Waals surface area (Å²) in [4.78, 5) is 10.4. The summed E-state index contributed by atoms with van der Waals surface area (Å²) >= 11 is 0. The molecule has 4 nitrogen and oxygen atoms in total. The second-order valence-electron chi connectivity index (χ2n) is 1.95. The third-order valence-corrected chi connectivity index (χ3v) is 1.54. The van der Waals surface area contributed by atoms with Gasteiger partial charge in [0.1, 0.15) is 5.75 Å². The van der Waals surface area contributed by atoms with E-state index in [9.17, 15) is 17.8 Å². The van der Waals surface area contributed by atoms with Gasteiger partial charge in [-0.05, 0) is 6.92 Å². The Labute approximate surface area is 70.7 Å². The van der Waals surface area contributed by atoms with E-state index in [2.05, 4.69) is 9.88 Å². The average Bonchev–Trinajstić information content (AvgIpc) is 1.85. The minimum atomic E-state index is -3.75. The standard InChI is InChI=1S/C5H9F2NO3S/c1-2-11-4(9)5(6,7)3-12(8)10/h2-3,8H2,1H3. The van der Waals surface area contributed by atoms with E-state index in [0.29, 0.717) is 0 Å². The fourth-order valence-corrected chi connectivity index (χ4v) is 0.949. The Balaban J connectivity index is 4.18. The molecule has 0 aromatic heterocycles. The molecule has 0 spiro atoms. The van der Waals surface area contributed by atoms with Crippen LogP contribution in [0.3, 0.4) is 0 Å². The molecule has 0 saturated carbocycles. The van der Waals surface area contributed by atoms with Crippen molar-refractivity contribution in [2.24, 2.45) is 5.14 Å². The lowest BCUT2D eigenvalue weighted by Crippen LogP contribution is -2.38. The number of alkyl halides is 2. The first-order chi connectivity index (χ1) is 5.40. The molecule has 0 heterocycles. The van der Waals surface area contributed by atoms with Crippen LogP contribution >= 0.6 is 0 Å². The molecule has 0 saturated heterocycles. The van der Waals surface area contributed by atoms with Crippen LogP contribution in [0.5, 0.6) is 0 Å². The van der Waals surface area contributed by atoms with Crippen molar-refractivity contribution in [2.45, 2.75) is 12.8 Å². The Bertz CT molecular complexity index is 197. The third-order valence-electron chi connectivity index (χ3n) is 0.898. The first-order valence-corrected chi connectivity index (χ1v) is 4.46. The third kappa shape index (κ3) is 3.72. The minimum Gasteiger partial charge on any atom is -0.462 e. The second-order valence-corrected chi connectivity index (χ2v) is 3.00. The van der Waals surface area contributed by atoms with E-state index in [1.807, 2.05) is 0 Å². The molecule has 0 radical (unpaired) electrons. The van der Waals surface area contributed by atoms with Crippen LogP contribution in [-0.4, -0.2) is 28.5 Å². The zero-order chi connectivity index (χ0) is 9.78. The maximum Gasteiger partial charge on any atom is 0.378 e. The molecule has 0 bridgehead atoms. The van der Waals surface area contributed by atoms with Crippen LogP contribution < -0.4 is 5.14 Å². The maximum atomic E-state index is 12.5. The number of nitrogens with two attached hydrogens (primary N) is 1. The van der Waals surface area contributed by atoms with Crippen LogP contribution in [-0.2, 0) is 20.5 Å². The quantitative estimate of drug-likeness (QED) is 0.641. The van der Waals surface area contributed by atoms with E-state index in [4.69, 9.17) is 0 Å². The van der Waals surface area contributed by atoms with Crippen LogP contribution in [0.2, 0.25) is 0 Å². The van der Waals surface area contributed by atoms with Crippen LogP contribution in [0.25, 0.3) is 0 Å². The van der Waals surface area contributed by atoms with E-state index in [-0.39, 0.29) is 6.61 Å². The lowest BCUT2D eigenvalue weighted by atomic mass is 10.4. The zero-order valence-corrected chi connectivity index (χ0v) is 7.20. The Morgan fingerprint density at radius 2 is 2.17 bits per heavy atom. The molecule has 0 rings (SSSR count). The van der Waals surface area contributed by atoms with E-state index in [1.165, 1.54) is 6.92 Å². The van der Waals surface area contributed by atoms with Crippen molar-refractivity contribution in [2.75, 3.05) is 12.4 Å². The number of hydrogen-bond acceptors (Lipinski definition) is 3. The Morgan fingerprint density at radius 3 is 2.50 bits per heavy atom. The maximum absolute atomic E-state index is 12.5. The lowest BCUT2D eigenvalue weighted by molar-refractivity contribution is -0.168. The molecule has 7 heteroatoms. The molecular formula is C5H9F2NO3S. The number of carbonyl (C=O) groups excluding carboxylic acids is 1. The smallest absolute Gasteiger partial charge is 0.378 e. The Hall–Kier alpha value is -0.560. The number of carbonyl (C=O) groups is 1. The number of hydrogen-bond donors (Lipinski definition) is 1. The van der Waals surface area contributed by atoms with Gasteiger partial charge in [-0.2, -0.15) is 8.78 Å². The molecule has 0 aliphatic rings. The number of halogens is 2. The zero-order valence-electron chi connectivity index (χ0n) is 6.38. The van der Waals surface area contributed by atoms with Gasteiger partial charge < -0.3 is 4.74 Å². The van der Waals surface area contributed by atoms with E-state index in [1.54, 1.807) is 0 Å². The van der Waals surface area contributed by atoms with Crippen molar-refractivity contribution in [1.82, 2.24) is 0 Å². The van der Waals surface area contributed by atoms with Crippen LogP contribution in [0, 0.1) is 0 Å². The first kappa shape index (κ1) is 11.4. The van der Waals surface area contributed by atoms with Crippen molar-refractivity contribution in [3.63, 3.8) is 0 Å². The predicted molar refractivity (Wildman–Crippen MR) is 38.8 cm³/mol. The van der Waals surface area contributed by atoms with Gasteiger partial charge in [-0.1, -0.05) is 0 Å². The summed E-state index contributed by atoms with van der Waals surface area (Å²) in [5.74, 6) is -6.65. The largest absolute Gasteiger partial charge is 0.462 e. The Morgan fingerprint density at radius 1 is 1.67 bits per heavy atom. The van der Waals surface area contributed by atoms with Crippen LogP contribution in [0.15, 0.2) is 0 Å². The molecule has 0 aliphatic heterocycles. The normalized spacial score (nSPS) is 14.0. The molecule has 0 aromatic rings. The van der Waals surface area contributed by atoms with Crippen molar-refractivity contribution in [1.29, 1.82) is 0 Å². The minimum absolute atomic E-state index is 0.147. The molecule has 0 amide bonds. The summed E-state index contributed by atoms with van der Waals surface area (Å²) in [6, 6.07) is 0. The molecule has 12 heavy (non-hydrogen) atoms. The lowest BCUT2D eigenvalue weighted by Gasteiger charge is -2.11. The monoisotopic (exact) mass is 201 g/mol. The predicted octanol–water partition coefficient (Wildman–Crippen LogP) is -0.193. The summed E-state index contributed by atoms with van der Waals surface area (Å²) in [6.45, 7) is 1.25. The summed E-state index contributed by atoms with van der Waals surface area (Å²) in [7, 11) is -2.21. The fourth-order valence-electron chi connectivity index (χ4n) is 0.474. The van der Waals surface area contributed by atoms with Crippen LogP contribution in [0.1, 0.15) is 6.92 Å². The molecule has 0 aliphatic carbocycles. The van der Waals surface area contributed by atoms with Crippen molar-refractivity contribution < 1.29 is 22.5 Å². The molecule has 0 aromatic carbocycles. The van der Waals surface area contributed by atoms with E-state index < -0.39 is 28.6 Å². The highest BCUT2D eigenvalue weighted by atomic mass is 32.2. The topological polar surface area (TPSA) is 69.4 Å². The molecule has 72 valence electrons. The van der Waals surface area contributed by atoms with Gasteiger partial charge in [0.15, 0.2) is 0 Å². The SMILES string of the molecule is CCOC(=O)C(F)(F)CS(N)=O. The molecule has 0 fully saturated rings. The summed E-state index contributed by atoms with van der Waals surface area (Å²) in [5.41, 5.74) is 0. The molecular weight excluding hydrogens is 192 g/mol. The van der Waals surface area contributed by atoms with E-state index in [0.717, 1.165) is 0 Å². The number of esters is 1. The van der Waals surface area contributed by atoms with Gasteiger partial charge in [-0.25, -0.2) is 9.00 Å².